The predicted octanol–water partition coefficient (Wildman–Crippen LogP) is 2.41. The van der Waals surface area contributed by atoms with Gasteiger partial charge in [0.1, 0.15) is 0 Å². The Bertz CT molecular complexity index is 607. The van der Waals surface area contributed by atoms with Gasteiger partial charge in [-0.3, -0.25) is 9.59 Å². The highest BCUT2D eigenvalue weighted by atomic mass is 127. The number of benzene rings is 1. The van der Waals surface area contributed by atoms with E-state index in [0.717, 1.165) is 28.8 Å². The molecule has 0 fully saturated rings. The van der Waals surface area contributed by atoms with Crippen molar-refractivity contribution in [1.29, 1.82) is 0 Å². The number of hydrogen-bond acceptors (Lipinski definition) is 3. The van der Waals surface area contributed by atoms with Crippen molar-refractivity contribution in [2.24, 2.45) is 0 Å². The van der Waals surface area contributed by atoms with Crippen LogP contribution in [0.25, 0.3) is 0 Å². The summed E-state index contributed by atoms with van der Waals surface area (Å²) in [4.78, 5) is 26.6. The lowest BCUT2D eigenvalue weighted by Crippen LogP contribution is -2.36. The summed E-state index contributed by atoms with van der Waals surface area (Å²) in [6, 6.07) is 5.78. The Morgan fingerprint density at radius 3 is 2.73 bits per heavy atom. The number of amides is 1. The standard InChI is InChI=1S/C17H21IN2O2/c1-3-20(4-2)8-7-19-17(22)13-9-12-5-6-14(18)11-15(12)16(21)10-13/h5-6,10-11H,3-4,7-9H2,1-2H3,(H,19,22). The van der Waals surface area contributed by atoms with E-state index in [4.69, 9.17) is 0 Å². The average Bonchev–Trinajstić information content (AvgIpc) is 2.52. The highest BCUT2D eigenvalue weighted by Gasteiger charge is 2.21. The maximum atomic E-state index is 12.2. The maximum absolute atomic E-state index is 12.2. The number of hydrogen-bond donors (Lipinski definition) is 1. The van der Waals surface area contributed by atoms with E-state index in [1.165, 1.54) is 6.08 Å². The summed E-state index contributed by atoms with van der Waals surface area (Å²) in [7, 11) is 0. The Morgan fingerprint density at radius 2 is 2.05 bits per heavy atom. The van der Waals surface area contributed by atoms with E-state index < -0.39 is 0 Å². The predicted molar refractivity (Wildman–Crippen MR) is 96.1 cm³/mol. The molecule has 1 amide bonds. The SMILES string of the molecule is CCN(CC)CCNC(=O)C1=CC(=O)c2cc(I)ccc2C1. The van der Waals surface area contributed by atoms with Crippen LogP contribution in [0.4, 0.5) is 0 Å². The molecule has 1 aromatic carbocycles. The summed E-state index contributed by atoms with van der Waals surface area (Å²) in [6.45, 7) is 7.58. The second-order valence-corrected chi connectivity index (χ2v) is 6.54. The fourth-order valence-corrected chi connectivity index (χ4v) is 3.04. The number of ketones is 1. The molecule has 1 aliphatic carbocycles. The normalized spacial score (nSPS) is 13.8. The smallest absolute Gasteiger partial charge is 0.247 e. The molecule has 0 spiro atoms. The van der Waals surface area contributed by atoms with Gasteiger partial charge < -0.3 is 10.2 Å². The number of likely N-dealkylation sites (N-methyl/N-ethyl adjacent to an activating group) is 1. The monoisotopic (exact) mass is 412 g/mol. The molecule has 5 heteroatoms. The lowest BCUT2D eigenvalue weighted by molar-refractivity contribution is -0.117. The summed E-state index contributed by atoms with van der Waals surface area (Å²) < 4.78 is 1.03. The van der Waals surface area contributed by atoms with Crippen LogP contribution in [0.1, 0.15) is 29.8 Å². The summed E-state index contributed by atoms with van der Waals surface area (Å²) in [6.07, 6.45) is 2.00. The van der Waals surface area contributed by atoms with Gasteiger partial charge in [-0.2, -0.15) is 0 Å². The van der Waals surface area contributed by atoms with E-state index in [9.17, 15) is 9.59 Å². The molecule has 118 valence electrons. The Hall–Kier alpha value is -1.21. The van der Waals surface area contributed by atoms with Crippen LogP contribution in [0.2, 0.25) is 0 Å². The first-order valence-electron chi connectivity index (χ1n) is 7.59. The summed E-state index contributed by atoms with van der Waals surface area (Å²) in [5, 5.41) is 2.91. The van der Waals surface area contributed by atoms with Crippen LogP contribution in [0.3, 0.4) is 0 Å². The van der Waals surface area contributed by atoms with Crippen molar-refractivity contribution in [3.8, 4) is 0 Å². The first-order chi connectivity index (χ1) is 10.5. The van der Waals surface area contributed by atoms with Gasteiger partial charge in [-0.25, -0.2) is 0 Å². The van der Waals surface area contributed by atoms with E-state index in [2.05, 4.69) is 46.7 Å². The molecular weight excluding hydrogens is 391 g/mol. The van der Waals surface area contributed by atoms with Crippen molar-refractivity contribution in [1.82, 2.24) is 10.2 Å². The fraction of sp³-hybridized carbons (Fsp3) is 0.412. The minimum Gasteiger partial charge on any atom is -0.351 e. The zero-order valence-corrected chi connectivity index (χ0v) is 15.1. The molecule has 1 aliphatic rings. The number of halogens is 1. The zero-order chi connectivity index (χ0) is 16.1. The van der Waals surface area contributed by atoms with E-state index in [1.807, 2.05) is 18.2 Å². The van der Waals surface area contributed by atoms with Gasteiger partial charge in [-0.1, -0.05) is 19.9 Å². The number of nitrogens with zero attached hydrogens (tertiary/aromatic N) is 1. The second kappa shape index (κ2) is 7.87. The van der Waals surface area contributed by atoms with Crippen molar-refractivity contribution in [2.45, 2.75) is 20.3 Å². The number of rotatable bonds is 6. The molecule has 0 unspecified atom stereocenters. The van der Waals surface area contributed by atoms with Gasteiger partial charge in [-0.05, 0) is 59.5 Å². The third-order valence-corrected chi connectivity index (χ3v) is 4.59. The van der Waals surface area contributed by atoms with Crippen LogP contribution in [-0.4, -0.2) is 42.8 Å². The highest BCUT2D eigenvalue weighted by Crippen LogP contribution is 2.23. The second-order valence-electron chi connectivity index (χ2n) is 5.29. The van der Waals surface area contributed by atoms with Crippen LogP contribution in [0.15, 0.2) is 29.8 Å². The molecule has 0 saturated carbocycles. The number of carbonyl (C=O) groups excluding carboxylic acids is 2. The minimum atomic E-state index is -0.135. The lowest BCUT2D eigenvalue weighted by Gasteiger charge is -2.19. The topological polar surface area (TPSA) is 49.4 Å². The number of fused-ring (bicyclic) bond motifs is 1. The molecule has 0 aromatic heterocycles. The van der Waals surface area contributed by atoms with Gasteiger partial charge in [0.15, 0.2) is 5.78 Å². The van der Waals surface area contributed by atoms with Gasteiger partial charge in [0.25, 0.3) is 0 Å². The molecule has 0 saturated heterocycles. The van der Waals surface area contributed by atoms with Crippen molar-refractivity contribution in [2.75, 3.05) is 26.2 Å². The first-order valence-corrected chi connectivity index (χ1v) is 8.66. The lowest BCUT2D eigenvalue weighted by atomic mass is 9.90. The molecule has 22 heavy (non-hydrogen) atoms. The van der Waals surface area contributed by atoms with Gasteiger partial charge >= 0.3 is 0 Å². The van der Waals surface area contributed by atoms with Crippen LogP contribution < -0.4 is 5.32 Å². The maximum Gasteiger partial charge on any atom is 0.247 e. The Balaban J connectivity index is 1.98. The van der Waals surface area contributed by atoms with Crippen molar-refractivity contribution in [3.63, 3.8) is 0 Å². The molecule has 2 rings (SSSR count). The molecule has 1 aromatic rings. The largest absolute Gasteiger partial charge is 0.351 e. The van der Waals surface area contributed by atoms with Crippen LogP contribution in [0.5, 0.6) is 0 Å². The van der Waals surface area contributed by atoms with E-state index in [1.54, 1.807) is 0 Å². The Kier molecular flexibility index (Phi) is 6.14. The highest BCUT2D eigenvalue weighted by molar-refractivity contribution is 14.1. The third-order valence-electron chi connectivity index (χ3n) is 3.92. The summed E-state index contributed by atoms with van der Waals surface area (Å²) in [5.41, 5.74) is 2.20. The van der Waals surface area contributed by atoms with E-state index in [0.29, 0.717) is 24.1 Å². The van der Waals surface area contributed by atoms with Crippen LogP contribution in [-0.2, 0) is 11.2 Å². The molecule has 0 aliphatic heterocycles. The zero-order valence-electron chi connectivity index (χ0n) is 13.0. The average molecular weight is 412 g/mol. The molecule has 4 nitrogen and oxygen atoms in total. The van der Waals surface area contributed by atoms with E-state index >= 15 is 0 Å². The number of allylic oxidation sites excluding steroid dienone is 1. The molecule has 0 heterocycles. The Morgan fingerprint density at radius 1 is 1.32 bits per heavy atom. The van der Waals surface area contributed by atoms with Crippen LogP contribution in [0, 0.1) is 3.57 Å². The minimum absolute atomic E-state index is 0.0753. The van der Waals surface area contributed by atoms with Gasteiger partial charge in [0, 0.05) is 34.2 Å². The first kappa shape index (κ1) is 17.1. The van der Waals surface area contributed by atoms with E-state index in [-0.39, 0.29) is 11.7 Å². The molecule has 0 bridgehead atoms. The Labute approximate surface area is 145 Å². The van der Waals surface area contributed by atoms with Gasteiger partial charge in [0.2, 0.25) is 5.91 Å². The molecule has 1 N–H and O–H groups in total. The molecule has 0 radical (unpaired) electrons. The van der Waals surface area contributed by atoms with Crippen molar-refractivity contribution < 1.29 is 9.59 Å². The quantitative estimate of drug-likeness (QED) is 0.731. The van der Waals surface area contributed by atoms with Crippen LogP contribution >= 0.6 is 22.6 Å². The summed E-state index contributed by atoms with van der Waals surface area (Å²) >= 11 is 2.19. The summed E-state index contributed by atoms with van der Waals surface area (Å²) in [5.74, 6) is -0.210. The van der Waals surface area contributed by atoms with Crippen molar-refractivity contribution >= 4 is 34.3 Å². The molecule has 0 atom stereocenters. The molecular formula is C17H21IN2O2. The third kappa shape index (κ3) is 4.16. The fourth-order valence-electron chi connectivity index (χ4n) is 2.55. The number of carbonyl (C=O) groups is 2. The van der Waals surface area contributed by atoms with Gasteiger partial charge in [0.05, 0.1) is 0 Å². The number of nitrogens with one attached hydrogen (secondary N) is 1. The van der Waals surface area contributed by atoms with Gasteiger partial charge in [-0.15, -0.1) is 0 Å². The van der Waals surface area contributed by atoms with Crippen molar-refractivity contribution in [3.05, 3.63) is 44.5 Å².